The Labute approximate surface area is 262 Å². The van der Waals surface area contributed by atoms with Crippen molar-refractivity contribution in [1.82, 2.24) is 19.6 Å². The maximum atomic E-state index is 14.5. The van der Waals surface area contributed by atoms with Crippen molar-refractivity contribution in [2.75, 3.05) is 47.3 Å². The van der Waals surface area contributed by atoms with E-state index in [2.05, 4.69) is 11.0 Å². The number of amides is 3. The van der Waals surface area contributed by atoms with Crippen LogP contribution in [0.4, 0.5) is 0 Å². The SMILES string of the molecule is C/C(=C\C(=O)N(C)[C@H](Cc1ccc2ccccc2c1)C(=O)N(C)C(C(=O)N1CCN(C)CC1)c1ccccc1)CC(C)(C)N. The number of carbonyl (C=O) groups excluding carboxylic acids is 3. The summed E-state index contributed by atoms with van der Waals surface area (Å²) in [5.41, 5.74) is 8.25. The van der Waals surface area contributed by atoms with E-state index in [0.717, 1.165) is 40.6 Å². The Morgan fingerprint density at radius 2 is 1.50 bits per heavy atom. The first-order valence-corrected chi connectivity index (χ1v) is 15.3. The third-order valence-electron chi connectivity index (χ3n) is 8.35. The first-order valence-electron chi connectivity index (χ1n) is 15.3. The van der Waals surface area contributed by atoms with Gasteiger partial charge in [-0.1, -0.05) is 78.4 Å². The smallest absolute Gasteiger partial charge is 0.250 e. The van der Waals surface area contributed by atoms with Crippen LogP contribution in [0.1, 0.15) is 44.4 Å². The molecule has 0 aliphatic carbocycles. The normalized spacial score (nSPS) is 16.0. The number of rotatable bonds is 10. The van der Waals surface area contributed by atoms with Gasteiger partial charge in [-0.25, -0.2) is 0 Å². The van der Waals surface area contributed by atoms with Crippen LogP contribution in [-0.2, 0) is 20.8 Å². The lowest BCUT2D eigenvalue weighted by Crippen LogP contribution is -2.54. The van der Waals surface area contributed by atoms with Crippen LogP contribution in [0.3, 0.4) is 0 Å². The summed E-state index contributed by atoms with van der Waals surface area (Å²) in [4.78, 5) is 49.3. The lowest BCUT2D eigenvalue weighted by molar-refractivity contribution is -0.150. The lowest BCUT2D eigenvalue weighted by atomic mass is 9.96. The molecule has 0 spiro atoms. The number of nitrogens with zero attached hydrogens (tertiary/aromatic N) is 4. The first kappa shape index (κ1) is 32.9. The summed E-state index contributed by atoms with van der Waals surface area (Å²) >= 11 is 0. The second kappa shape index (κ2) is 14.2. The monoisotopic (exact) mass is 597 g/mol. The minimum absolute atomic E-state index is 0.112. The van der Waals surface area contributed by atoms with Gasteiger partial charge in [0, 0.05) is 58.3 Å². The molecular formula is C36H47N5O3. The number of piperazine rings is 1. The standard InChI is InChI=1S/C36H47N5O3/c1-26(25-36(2,3)37)22-32(42)39(5)31(24-27-16-17-28-12-10-11-15-30(28)23-27)34(43)40(6)33(29-13-8-7-9-14-29)35(44)41-20-18-38(4)19-21-41/h7-17,22-23,31,33H,18-21,24-25,37H2,1-6H3/b26-22+/t31-,33?/m1/s1. The van der Waals surface area contributed by atoms with Gasteiger partial charge in [-0.3, -0.25) is 14.4 Å². The summed E-state index contributed by atoms with van der Waals surface area (Å²) in [6.07, 6.45) is 2.42. The summed E-state index contributed by atoms with van der Waals surface area (Å²) in [5, 5.41) is 2.16. The minimum atomic E-state index is -0.838. The molecule has 3 amide bonds. The van der Waals surface area contributed by atoms with E-state index in [1.165, 1.54) is 9.80 Å². The molecule has 8 nitrogen and oxygen atoms in total. The maximum Gasteiger partial charge on any atom is 0.250 e. The van der Waals surface area contributed by atoms with Gasteiger partial charge in [-0.2, -0.15) is 0 Å². The minimum Gasteiger partial charge on any atom is -0.338 e. The van der Waals surface area contributed by atoms with E-state index in [0.29, 0.717) is 25.9 Å². The van der Waals surface area contributed by atoms with Crippen LogP contribution in [0, 0.1) is 0 Å². The van der Waals surface area contributed by atoms with Crippen LogP contribution >= 0.6 is 0 Å². The Morgan fingerprint density at radius 3 is 2.14 bits per heavy atom. The highest BCUT2D eigenvalue weighted by atomic mass is 16.2. The van der Waals surface area contributed by atoms with Gasteiger partial charge in [0.05, 0.1) is 0 Å². The predicted molar refractivity (Wildman–Crippen MR) is 177 cm³/mol. The van der Waals surface area contributed by atoms with Crippen molar-refractivity contribution in [3.05, 3.63) is 95.6 Å². The quantitative estimate of drug-likeness (QED) is 0.353. The van der Waals surface area contributed by atoms with Gasteiger partial charge in [-0.15, -0.1) is 0 Å². The number of hydrogen-bond donors (Lipinski definition) is 1. The highest BCUT2D eigenvalue weighted by Gasteiger charge is 2.37. The van der Waals surface area contributed by atoms with Crippen molar-refractivity contribution in [2.45, 2.75) is 51.2 Å². The molecule has 8 heteroatoms. The zero-order chi connectivity index (χ0) is 32.0. The molecule has 1 unspecified atom stereocenters. The molecule has 3 aromatic carbocycles. The molecule has 2 N–H and O–H groups in total. The first-order chi connectivity index (χ1) is 20.8. The van der Waals surface area contributed by atoms with Crippen molar-refractivity contribution in [2.24, 2.45) is 5.73 Å². The fourth-order valence-electron chi connectivity index (χ4n) is 5.94. The molecule has 234 valence electrons. The average Bonchev–Trinajstić information content (AvgIpc) is 2.99. The number of hydrogen-bond acceptors (Lipinski definition) is 5. The fraction of sp³-hybridized carbons (Fsp3) is 0.417. The third kappa shape index (κ3) is 8.33. The molecule has 1 aliphatic heterocycles. The van der Waals surface area contributed by atoms with E-state index in [1.807, 2.05) is 99.4 Å². The Balaban J connectivity index is 1.69. The van der Waals surface area contributed by atoms with E-state index >= 15 is 0 Å². The second-order valence-corrected chi connectivity index (χ2v) is 12.9. The number of fused-ring (bicyclic) bond motifs is 1. The third-order valence-corrected chi connectivity index (χ3v) is 8.35. The second-order valence-electron chi connectivity index (χ2n) is 12.9. The van der Waals surface area contributed by atoms with Gasteiger partial charge < -0.3 is 25.3 Å². The number of nitrogens with two attached hydrogens (primary N) is 1. The summed E-state index contributed by atoms with van der Waals surface area (Å²) < 4.78 is 0. The average molecular weight is 598 g/mol. The molecule has 3 aromatic rings. The Hall–Kier alpha value is -4.01. The predicted octanol–water partition coefficient (Wildman–Crippen LogP) is 4.26. The molecule has 1 aliphatic rings. The molecule has 0 saturated carbocycles. The molecule has 1 fully saturated rings. The zero-order valence-electron chi connectivity index (χ0n) is 27.0. The highest BCUT2D eigenvalue weighted by Crippen LogP contribution is 2.26. The molecule has 44 heavy (non-hydrogen) atoms. The van der Waals surface area contributed by atoms with E-state index in [-0.39, 0.29) is 17.7 Å². The Morgan fingerprint density at radius 1 is 0.886 bits per heavy atom. The molecule has 1 heterocycles. The maximum absolute atomic E-state index is 14.5. The summed E-state index contributed by atoms with van der Waals surface area (Å²) in [7, 11) is 5.38. The van der Waals surface area contributed by atoms with Crippen LogP contribution in [0.15, 0.2) is 84.4 Å². The number of carbonyl (C=O) groups is 3. The van der Waals surface area contributed by atoms with E-state index in [1.54, 1.807) is 20.2 Å². The van der Waals surface area contributed by atoms with Crippen molar-refractivity contribution >= 4 is 28.5 Å². The molecule has 0 radical (unpaired) electrons. The Bertz CT molecular complexity index is 1490. The van der Waals surface area contributed by atoms with Crippen LogP contribution in [-0.4, -0.2) is 96.2 Å². The van der Waals surface area contributed by atoms with Gasteiger partial charge in [0.1, 0.15) is 12.1 Å². The topological polar surface area (TPSA) is 90.2 Å². The van der Waals surface area contributed by atoms with Crippen molar-refractivity contribution in [3.8, 4) is 0 Å². The summed E-state index contributed by atoms with van der Waals surface area (Å²) in [6.45, 7) is 8.46. The van der Waals surface area contributed by atoms with Gasteiger partial charge in [-0.05, 0) is 56.1 Å². The van der Waals surface area contributed by atoms with Crippen LogP contribution in [0.25, 0.3) is 10.8 Å². The van der Waals surface area contributed by atoms with Crippen molar-refractivity contribution in [1.29, 1.82) is 0 Å². The van der Waals surface area contributed by atoms with Crippen molar-refractivity contribution in [3.63, 3.8) is 0 Å². The Kier molecular flexibility index (Phi) is 10.6. The van der Waals surface area contributed by atoms with Gasteiger partial charge >= 0.3 is 0 Å². The molecule has 0 aromatic heterocycles. The summed E-state index contributed by atoms with van der Waals surface area (Å²) in [6, 6.07) is 22.0. The number of likely N-dealkylation sites (N-methyl/N-ethyl adjacent to an activating group) is 3. The van der Waals surface area contributed by atoms with Crippen LogP contribution in [0.5, 0.6) is 0 Å². The van der Waals surface area contributed by atoms with Gasteiger partial charge in [0.25, 0.3) is 0 Å². The largest absolute Gasteiger partial charge is 0.338 e. The molecule has 2 atom stereocenters. The van der Waals surface area contributed by atoms with E-state index in [9.17, 15) is 14.4 Å². The van der Waals surface area contributed by atoms with Gasteiger partial charge in [0.2, 0.25) is 17.7 Å². The molecule has 0 bridgehead atoms. The van der Waals surface area contributed by atoms with Gasteiger partial charge in [0.15, 0.2) is 0 Å². The van der Waals surface area contributed by atoms with E-state index in [4.69, 9.17) is 5.73 Å². The number of benzene rings is 3. The lowest BCUT2D eigenvalue weighted by Gasteiger charge is -2.39. The van der Waals surface area contributed by atoms with Crippen molar-refractivity contribution < 1.29 is 14.4 Å². The molecule has 1 saturated heterocycles. The highest BCUT2D eigenvalue weighted by molar-refractivity contribution is 5.95. The van der Waals surface area contributed by atoms with E-state index < -0.39 is 17.6 Å². The van der Waals surface area contributed by atoms with Crippen LogP contribution < -0.4 is 5.73 Å². The zero-order valence-corrected chi connectivity index (χ0v) is 27.0. The van der Waals surface area contributed by atoms with Crippen LogP contribution in [0.2, 0.25) is 0 Å². The summed E-state index contributed by atoms with van der Waals surface area (Å²) in [5.74, 6) is -0.684. The fourth-order valence-corrected chi connectivity index (χ4v) is 5.94. The molecule has 4 rings (SSSR count). The molecular weight excluding hydrogens is 550 g/mol.